The number of alkyl halides is 3. The van der Waals surface area contributed by atoms with Gasteiger partial charge < -0.3 is 9.73 Å². The summed E-state index contributed by atoms with van der Waals surface area (Å²) in [6, 6.07) is 5.93. The zero-order valence-electron chi connectivity index (χ0n) is 11.5. The second kappa shape index (κ2) is 5.63. The van der Waals surface area contributed by atoms with E-state index in [9.17, 15) is 18.0 Å². The average Bonchev–Trinajstić information content (AvgIpc) is 2.84. The van der Waals surface area contributed by atoms with E-state index in [1.165, 1.54) is 18.4 Å². The number of nitrogens with one attached hydrogen (secondary N) is 1. The number of amides is 1. The molecule has 0 radical (unpaired) electrons. The van der Waals surface area contributed by atoms with E-state index in [2.05, 4.69) is 5.32 Å². The van der Waals surface area contributed by atoms with Crippen LogP contribution in [0.2, 0.25) is 0 Å². The molecular formula is C15H14F3NO2. The molecular weight excluding hydrogens is 283 g/mol. The van der Waals surface area contributed by atoms with Crippen molar-refractivity contribution in [3.05, 3.63) is 59.0 Å². The first-order valence-electron chi connectivity index (χ1n) is 6.31. The molecule has 1 N–H and O–H groups in total. The molecule has 0 aliphatic rings. The van der Waals surface area contributed by atoms with Gasteiger partial charge in [0, 0.05) is 5.56 Å². The molecule has 0 aliphatic carbocycles. The van der Waals surface area contributed by atoms with Gasteiger partial charge in [-0.3, -0.25) is 4.79 Å². The van der Waals surface area contributed by atoms with Crippen molar-refractivity contribution < 1.29 is 22.4 Å². The van der Waals surface area contributed by atoms with Gasteiger partial charge in [-0.25, -0.2) is 0 Å². The lowest BCUT2D eigenvalue weighted by molar-refractivity contribution is -0.137. The summed E-state index contributed by atoms with van der Waals surface area (Å²) in [6.45, 7) is 3.43. The van der Waals surface area contributed by atoms with Crippen LogP contribution < -0.4 is 5.32 Å². The molecule has 0 saturated carbocycles. The molecule has 2 aromatic rings. The first-order chi connectivity index (χ1) is 9.79. The minimum atomic E-state index is -4.36. The van der Waals surface area contributed by atoms with Crippen molar-refractivity contribution in [1.82, 2.24) is 5.32 Å². The highest BCUT2D eigenvalue weighted by atomic mass is 19.4. The summed E-state index contributed by atoms with van der Waals surface area (Å²) >= 11 is 0. The van der Waals surface area contributed by atoms with Crippen LogP contribution in [0.5, 0.6) is 0 Å². The molecule has 0 saturated heterocycles. The van der Waals surface area contributed by atoms with E-state index in [0.717, 1.165) is 12.1 Å². The number of hydrogen-bond donors (Lipinski definition) is 1. The van der Waals surface area contributed by atoms with Crippen LogP contribution in [0.3, 0.4) is 0 Å². The van der Waals surface area contributed by atoms with Gasteiger partial charge >= 0.3 is 6.18 Å². The molecule has 0 aliphatic heterocycles. The maximum absolute atomic E-state index is 12.5. The average molecular weight is 297 g/mol. The predicted molar refractivity (Wildman–Crippen MR) is 70.8 cm³/mol. The molecule has 1 unspecified atom stereocenters. The minimum absolute atomic E-state index is 0.203. The Kier molecular flexibility index (Phi) is 4.06. The fraction of sp³-hybridized carbons (Fsp3) is 0.267. The van der Waals surface area contributed by atoms with Crippen LogP contribution >= 0.6 is 0 Å². The molecule has 0 fully saturated rings. The van der Waals surface area contributed by atoms with Gasteiger partial charge in [0.05, 0.1) is 17.9 Å². The Morgan fingerprint density at radius 1 is 1.19 bits per heavy atom. The van der Waals surface area contributed by atoms with Crippen molar-refractivity contribution in [3.8, 4) is 0 Å². The van der Waals surface area contributed by atoms with Crippen LogP contribution in [-0.2, 0) is 6.18 Å². The van der Waals surface area contributed by atoms with Gasteiger partial charge in [-0.15, -0.1) is 0 Å². The summed E-state index contributed by atoms with van der Waals surface area (Å²) in [4.78, 5) is 12.0. The summed E-state index contributed by atoms with van der Waals surface area (Å²) in [5.74, 6) is -0.196. The monoisotopic (exact) mass is 297 g/mol. The smallest absolute Gasteiger partial charge is 0.416 e. The van der Waals surface area contributed by atoms with Crippen LogP contribution in [0.4, 0.5) is 13.2 Å². The minimum Gasteiger partial charge on any atom is -0.459 e. The zero-order chi connectivity index (χ0) is 15.6. The number of carbonyl (C=O) groups is 1. The number of carbonyl (C=O) groups excluding carboxylic acids is 1. The third-order valence-corrected chi connectivity index (χ3v) is 3.15. The van der Waals surface area contributed by atoms with E-state index in [1.54, 1.807) is 19.9 Å². The highest BCUT2D eigenvalue weighted by Gasteiger charge is 2.30. The van der Waals surface area contributed by atoms with Crippen LogP contribution in [0.1, 0.15) is 40.2 Å². The maximum atomic E-state index is 12.5. The van der Waals surface area contributed by atoms with Crippen molar-refractivity contribution in [1.29, 1.82) is 0 Å². The fourth-order valence-electron chi connectivity index (χ4n) is 1.91. The molecule has 6 heteroatoms. The van der Waals surface area contributed by atoms with Crippen molar-refractivity contribution >= 4 is 5.91 Å². The maximum Gasteiger partial charge on any atom is 0.416 e. The molecule has 0 bridgehead atoms. The lowest BCUT2D eigenvalue weighted by Gasteiger charge is -2.15. The number of halogens is 3. The zero-order valence-corrected chi connectivity index (χ0v) is 11.5. The molecule has 3 nitrogen and oxygen atoms in total. The standard InChI is InChI=1S/C15H14F3NO2/c1-9-7-8-21-13(9)14(20)19-10(2)11-3-5-12(6-4-11)15(16,17)18/h3-8,10H,1-2H3,(H,19,20). The quantitative estimate of drug-likeness (QED) is 0.927. The van der Waals surface area contributed by atoms with E-state index in [-0.39, 0.29) is 5.76 Å². The van der Waals surface area contributed by atoms with Crippen molar-refractivity contribution in [2.45, 2.75) is 26.1 Å². The first kappa shape index (κ1) is 15.2. The van der Waals surface area contributed by atoms with E-state index in [4.69, 9.17) is 4.42 Å². The summed E-state index contributed by atoms with van der Waals surface area (Å²) < 4.78 is 42.5. The molecule has 112 valence electrons. The van der Waals surface area contributed by atoms with Gasteiger partial charge in [0.1, 0.15) is 0 Å². The van der Waals surface area contributed by atoms with Gasteiger partial charge in [0.2, 0.25) is 0 Å². The van der Waals surface area contributed by atoms with E-state index < -0.39 is 23.7 Å². The lowest BCUT2D eigenvalue weighted by Crippen LogP contribution is -2.26. The van der Waals surface area contributed by atoms with Gasteiger partial charge in [0.25, 0.3) is 5.91 Å². The second-order valence-electron chi connectivity index (χ2n) is 4.75. The van der Waals surface area contributed by atoms with Crippen LogP contribution in [0.15, 0.2) is 41.0 Å². The normalized spacial score (nSPS) is 13.0. The van der Waals surface area contributed by atoms with Crippen LogP contribution in [0.25, 0.3) is 0 Å². The first-order valence-corrected chi connectivity index (χ1v) is 6.31. The predicted octanol–water partition coefficient (Wildman–Crippen LogP) is 4.10. The number of furan rings is 1. The molecule has 1 amide bonds. The largest absolute Gasteiger partial charge is 0.459 e. The Balaban J connectivity index is 2.09. The third kappa shape index (κ3) is 3.45. The summed E-state index contributed by atoms with van der Waals surface area (Å²) in [7, 11) is 0. The molecule has 1 heterocycles. The number of hydrogen-bond acceptors (Lipinski definition) is 2. The molecule has 0 spiro atoms. The molecule has 2 rings (SSSR count). The number of rotatable bonds is 3. The summed E-state index contributed by atoms with van der Waals surface area (Å²) in [5, 5.41) is 2.68. The van der Waals surface area contributed by atoms with Gasteiger partial charge in [-0.2, -0.15) is 13.2 Å². The number of benzene rings is 1. The summed E-state index contributed by atoms with van der Waals surface area (Å²) in [6.07, 6.45) is -2.96. The number of aryl methyl sites for hydroxylation is 1. The molecule has 1 aromatic carbocycles. The Morgan fingerprint density at radius 2 is 1.81 bits per heavy atom. The van der Waals surface area contributed by atoms with Crippen LogP contribution in [0, 0.1) is 6.92 Å². The second-order valence-corrected chi connectivity index (χ2v) is 4.75. The lowest BCUT2D eigenvalue weighted by atomic mass is 10.1. The molecule has 1 atom stereocenters. The van der Waals surface area contributed by atoms with Gasteiger partial charge in [-0.05, 0) is 37.6 Å². The molecule has 1 aromatic heterocycles. The SMILES string of the molecule is Cc1ccoc1C(=O)NC(C)c1ccc(C(F)(F)F)cc1. The highest BCUT2D eigenvalue weighted by molar-refractivity contribution is 5.93. The van der Waals surface area contributed by atoms with Crippen molar-refractivity contribution in [2.24, 2.45) is 0 Å². The molecule has 21 heavy (non-hydrogen) atoms. The topological polar surface area (TPSA) is 42.2 Å². The van der Waals surface area contributed by atoms with Gasteiger partial charge in [-0.1, -0.05) is 12.1 Å². The van der Waals surface area contributed by atoms with Gasteiger partial charge in [0.15, 0.2) is 5.76 Å². The Hall–Kier alpha value is -2.24. The highest BCUT2D eigenvalue weighted by Crippen LogP contribution is 2.29. The third-order valence-electron chi connectivity index (χ3n) is 3.15. The van der Waals surface area contributed by atoms with E-state index in [0.29, 0.717) is 11.1 Å². The van der Waals surface area contributed by atoms with E-state index in [1.807, 2.05) is 0 Å². The van der Waals surface area contributed by atoms with E-state index >= 15 is 0 Å². The van der Waals surface area contributed by atoms with Crippen LogP contribution in [-0.4, -0.2) is 5.91 Å². The Morgan fingerprint density at radius 3 is 2.29 bits per heavy atom. The van der Waals surface area contributed by atoms with Crippen molar-refractivity contribution in [2.75, 3.05) is 0 Å². The fourth-order valence-corrected chi connectivity index (χ4v) is 1.91. The van der Waals surface area contributed by atoms with Crippen molar-refractivity contribution in [3.63, 3.8) is 0 Å². The Bertz CT molecular complexity index is 629. The Labute approximate surface area is 119 Å². The summed E-state index contributed by atoms with van der Waals surface area (Å²) in [5.41, 5.74) is 0.569.